The van der Waals surface area contributed by atoms with Crippen molar-refractivity contribution >= 4 is 11.8 Å². The van der Waals surface area contributed by atoms with Crippen LogP contribution in [0.2, 0.25) is 0 Å². The minimum Gasteiger partial charge on any atom is -0.338 e. The Labute approximate surface area is 87.7 Å². The van der Waals surface area contributed by atoms with Gasteiger partial charge in [-0.25, -0.2) is 0 Å². The maximum atomic E-state index is 11.4. The summed E-state index contributed by atoms with van der Waals surface area (Å²) < 4.78 is 0. The Morgan fingerprint density at radius 1 is 1.07 bits per heavy atom. The molecule has 2 amide bonds. The van der Waals surface area contributed by atoms with Crippen molar-refractivity contribution in [3.8, 4) is 0 Å². The van der Waals surface area contributed by atoms with Crippen molar-refractivity contribution in [3.05, 3.63) is 35.9 Å². The van der Waals surface area contributed by atoms with Crippen LogP contribution >= 0.6 is 0 Å². The number of hydrogen-bond donors (Lipinski definition) is 2. The molecule has 78 valence electrons. The third kappa shape index (κ3) is 2.15. The number of carbonyl (C=O) groups is 2. The molecule has 1 aliphatic rings. The SMILES string of the molecule is O=C1NCNC(=O)C1Cc1ccccc1. The van der Waals surface area contributed by atoms with E-state index in [1.54, 1.807) is 0 Å². The smallest absolute Gasteiger partial charge is 0.234 e. The highest BCUT2D eigenvalue weighted by Crippen LogP contribution is 2.10. The molecule has 4 nitrogen and oxygen atoms in total. The van der Waals surface area contributed by atoms with Crippen LogP contribution < -0.4 is 10.6 Å². The number of hydrogen-bond acceptors (Lipinski definition) is 2. The average molecular weight is 204 g/mol. The summed E-state index contributed by atoms with van der Waals surface area (Å²) in [5.41, 5.74) is 0.995. The lowest BCUT2D eigenvalue weighted by atomic mass is 9.97. The monoisotopic (exact) mass is 204 g/mol. The number of rotatable bonds is 2. The second-order valence-corrected chi connectivity index (χ2v) is 3.50. The standard InChI is InChI=1S/C11H12N2O2/c14-10-9(11(15)13-7-12-10)6-8-4-2-1-3-5-8/h1-5,9H,6-7H2,(H,12,14)(H,13,15). The largest absolute Gasteiger partial charge is 0.338 e. The van der Waals surface area contributed by atoms with Crippen molar-refractivity contribution in [2.45, 2.75) is 6.42 Å². The number of benzene rings is 1. The summed E-state index contributed by atoms with van der Waals surface area (Å²) in [5, 5.41) is 5.22. The summed E-state index contributed by atoms with van der Waals surface area (Å²) in [6, 6.07) is 9.52. The highest BCUT2D eigenvalue weighted by atomic mass is 16.2. The third-order valence-electron chi connectivity index (χ3n) is 2.44. The lowest BCUT2D eigenvalue weighted by molar-refractivity contribution is -0.138. The predicted octanol–water partition coefficient (Wildman–Crippen LogP) is 0.0488. The van der Waals surface area contributed by atoms with E-state index in [9.17, 15) is 9.59 Å². The van der Waals surface area contributed by atoms with E-state index in [1.807, 2.05) is 30.3 Å². The van der Waals surface area contributed by atoms with Gasteiger partial charge in [-0.1, -0.05) is 30.3 Å². The Hall–Kier alpha value is -1.84. The van der Waals surface area contributed by atoms with Gasteiger partial charge < -0.3 is 10.6 Å². The second-order valence-electron chi connectivity index (χ2n) is 3.50. The number of nitrogens with one attached hydrogen (secondary N) is 2. The van der Waals surface area contributed by atoms with Crippen LogP contribution in [0.1, 0.15) is 5.56 Å². The first-order valence-electron chi connectivity index (χ1n) is 4.87. The Bertz CT molecular complexity index is 359. The third-order valence-corrected chi connectivity index (χ3v) is 2.44. The van der Waals surface area contributed by atoms with Crippen molar-refractivity contribution in [2.75, 3.05) is 6.67 Å². The van der Waals surface area contributed by atoms with Crippen LogP contribution in [-0.4, -0.2) is 18.5 Å². The van der Waals surface area contributed by atoms with Crippen molar-refractivity contribution in [2.24, 2.45) is 5.92 Å². The molecular weight excluding hydrogens is 192 g/mol. The molecule has 0 unspecified atom stereocenters. The van der Waals surface area contributed by atoms with Gasteiger partial charge in [-0.2, -0.15) is 0 Å². The van der Waals surface area contributed by atoms with Gasteiger partial charge in [-0.3, -0.25) is 9.59 Å². The van der Waals surface area contributed by atoms with Gasteiger partial charge in [-0.05, 0) is 12.0 Å². The van der Waals surface area contributed by atoms with Gasteiger partial charge in [0.25, 0.3) is 0 Å². The molecule has 1 aromatic carbocycles. The van der Waals surface area contributed by atoms with E-state index < -0.39 is 5.92 Å². The van der Waals surface area contributed by atoms with Gasteiger partial charge in [0, 0.05) is 0 Å². The first-order valence-corrected chi connectivity index (χ1v) is 4.87. The molecule has 1 aromatic rings. The highest BCUT2D eigenvalue weighted by molar-refractivity contribution is 6.02. The van der Waals surface area contributed by atoms with Crippen molar-refractivity contribution < 1.29 is 9.59 Å². The zero-order valence-electron chi connectivity index (χ0n) is 8.19. The summed E-state index contributed by atoms with van der Waals surface area (Å²) >= 11 is 0. The maximum absolute atomic E-state index is 11.4. The van der Waals surface area contributed by atoms with Gasteiger partial charge in [0.15, 0.2) is 0 Å². The Kier molecular flexibility index (Phi) is 2.67. The molecule has 0 saturated carbocycles. The van der Waals surface area contributed by atoms with Crippen molar-refractivity contribution in [1.29, 1.82) is 0 Å². The molecule has 1 aliphatic heterocycles. The van der Waals surface area contributed by atoms with Gasteiger partial charge >= 0.3 is 0 Å². The van der Waals surface area contributed by atoms with Gasteiger partial charge in [-0.15, -0.1) is 0 Å². The van der Waals surface area contributed by atoms with E-state index in [0.29, 0.717) is 6.42 Å². The number of amides is 2. The van der Waals surface area contributed by atoms with Crippen molar-refractivity contribution in [3.63, 3.8) is 0 Å². The second kappa shape index (κ2) is 4.13. The predicted molar refractivity (Wildman–Crippen MR) is 54.8 cm³/mol. The molecule has 0 bridgehead atoms. The molecule has 2 rings (SSSR count). The molecule has 0 aromatic heterocycles. The van der Waals surface area contributed by atoms with E-state index in [-0.39, 0.29) is 18.5 Å². The van der Waals surface area contributed by atoms with Crippen LogP contribution in [0.15, 0.2) is 30.3 Å². The fourth-order valence-electron chi connectivity index (χ4n) is 1.62. The van der Waals surface area contributed by atoms with Gasteiger partial charge in [0.2, 0.25) is 11.8 Å². The first-order chi connectivity index (χ1) is 7.27. The molecule has 1 saturated heterocycles. The molecule has 15 heavy (non-hydrogen) atoms. The van der Waals surface area contributed by atoms with E-state index in [0.717, 1.165) is 5.56 Å². The van der Waals surface area contributed by atoms with Crippen LogP contribution in [0.5, 0.6) is 0 Å². The zero-order valence-corrected chi connectivity index (χ0v) is 8.19. The molecule has 0 atom stereocenters. The Morgan fingerprint density at radius 2 is 1.67 bits per heavy atom. The highest BCUT2D eigenvalue weighted by Gasteiger charge is 2.29. The van der Waals surface area contributed by atoms with Crippen LogP contribution in [-0.2, 0) is 16.0 Å². The van der Waals surface area contributed by atoms with Crippen LogP contribution in [0, 0.1) is 5.92 Å². The zero-order chi connectivity index (χ0) is 10.7. The van der Waals surface area contributed by atoms with E-state index in [1.165, 1.54) is 0 Å². The molecule has 0 radical (unpaired) electrons. The normalized spacial score (nSPS) is 17.1. The molecule has 0 spiro atoms. The summed E-state index contributed by atoms with van der Waals surface area (Å²) in [6.45, 7) is 0.239. The van der Waals surface area contributed by atoms with E-state index >= 15 is 0 Å². The number of carbonyl (C=O) groups excluding carboxylic acids is 2. The van der Waals surface area contributed by atoms with Gasteiger partial charge in [0.05, 0.1) is 6.67 Å². The lowest BCUT2D eigenvalue weighted by Crippen LogP contribution is -2.52. The summed E-state index contributed by atoms with van der Waals surface area (Å²) in [7, 11) is 0. The average Bonchev–Trinajstić information content (AvgIpc) is 2.25. The Balaban J connectivity index is 2.10. The molecule has 0 aliphatic carbocycles. The first kappa shape index (κ1) is 9.71. The summed E-state index contributed by atoms with van der Waals surface area (Å²) in [6.07, 6.45) is 0.457. The molecule has 2 N–H and O–H groups in total. The van der Waals surface area contributed by atoms with Crippen LogP contribution in [0.4, 0.5) is 0 Å². The molecule has 1 heterocycles. The quantitative estimate of drug-likeness (QED) is 0.669. The minimum absolute atomic E-state index is 0.192. The van der Waals surface area contributed by atoms with Crippen LogP contribution in [0.25, 0.3) is 0 Å². The fraction of sp³-hybridized carbons (Fsp3) is 0.273. The minimum atomic E-state index is -0.596. The summed E-state index contributed by atoms with van der Waals surface area (Å²) in [5.74, 6) is -0.980. The maximum Gasteiger partial charge on any atom is 0.234 e. The molecular formula is C11H12N2O2. The molecule has 4 heteroatoms. The van der Waals surface area contributed by atoms with Crippen molar-refractivity contribution in [1.82, 2.24) is 10.6 Å². The van der Waals surface area contributed by atoms with E-state index in [4.69, 9.17) is 0 Å². The molecule has 1 fully saturated rings. The van der Waals surface area contributed by atoms with E-state index in [2.05, 4.69) is 10.6 Å². The topological polar surface area (TPSA) is 58.2 Å². The van der Waals surface area contributed by atoms with Gasteiger partial charge in [0.1, 0.15) is 5.92 Å². The van der Waals surface area contributed by atoms with Crippen LogP contribution in [0.3, 0.4) is 0 Å². The fourth-order valence-corrected chi connectivity index (χ4v) is 1.62. The lowest BCUT2D eigenvalue weighted by Gasteiger charge is -2.21. The Morgan fingerprint density at radius 3 is 2.27 bits per heavy atom. The summed E-state index contributed by atoms with van der Waals surface area (Å²) in [4.78, 5) is 22.9.